The van der Waals surface area contributed by atoms with Gasteiger partial charge >= 0.3 is 0 Å². The lowest BCUT2D eigenvalue weighted by Gasteiger charge is -2.19. The molecule has 1 aliphatic rings. The van der Waals surface area contributed by atoms with Gasteiger partial charge in [-0.15, -0.1) is 0 Å². The van der Waals surface area contributed by atoms with Crippen LogP contribution in [0, 0.1) is 0 Å². The van der Waals surface area contributed by atoms with Gasteiger partial charge in [0.25, 0.3) is 0 Å². The van der Waals surface area contributed by atoms with E-state index in [1.54, 1.807) is 12.4 Å². The Balaban J connectivity index is 1.39. The smallest absolute Gasteiger partial charge is 0.0724 e. The molecule has 0 aliphatic carbocycles. The Hall–Kier alpha value is -1.94. The van der Waals surface area contributed by atoms with Crippen molar-refractivity contribution in [3.05, 3.63) is 54.1 Å². The molecule has 0 amide bonds. The van der Waals surface area contributed by atoms with Gasteiger partial charge in [-0.2, -0.15) is 0 Å². The quantitative estimate of drug-likeness (QED) is 0.814. The fraction of sp³-hybridized carbons (Fsp3) is 0.375. The monoisotopic (exact) mass is 268 g/mol. The van der Waals surface area contributed by atoms with Gasteiger partial charge in [-0.1, -0.05) is 18.2 Å². The van der Waals surface area contributed by atoms with Crippen LogP contribution in [0.5, 0.6) is 0 Å². The number of nitrogens with one attached hydrogen (secondary N) is 1. The zero-order chi connectivity index (χ0) is 13.6. The Morgan fingerprint density at radius 3 is 3.05 bits per heavy atom. The van der Waals surface area contributed by atoms with E-state index in [0.29, 0.717) is 0 Å². The number of nitrogens with zero attached hydrogens (tertiary/aromatic N) is 3. The molecule has 0 radical (unpaired) electrons. The highest BCUT2D eigenvalue weighted by Gasteiger charge is 2.16. The summed E-state index contributed by atoms with van der Waals surface area (Å²) in [6, 6.07) is 8.73. The minimum Gasteiger partial charge on any atom is -0.371 e. The number of hydrogen-bond donors (Lipinski definition) is 1. The summed E-state index contributed by atoms with van der Waals surface area (Å²) < 4.78 is 0. The van der Waals surface area contributed by atoms with Crippen molar-refractivity contribution in [3.8, 4) is 0 Å². The molecule has 20 heavy (non-hydrogen) atoms. The van der Waals surface area contributed by atoms with Gasteiger partial charge in [0, 0.05) is 43.9 Å². The second-order valence-corrected chi connectivity index (χ2v) is 5.09. The Bertz CT molecular complexity index is 541. The van der Waals surface area contributed by atoms with E-state index in [0.717, 1.165) is 38.3 Å². The van der Waals surface area contributed by atoms with E-state index in [-0.39, 0.29) is 0 Å². The molecule has 1 aliphatic heterocycles. The molecule has 0 spiro atoms. The first-order valence-corrected chi connectivity index (χ1v) is 7.22. The number of benzene rings is 1. The van der Waals surface area contributed by atoms with E-state index < -0.39 is 0 Å². The van der Waals surface area contributed by atoms with Gasteiger partial charge in [-0.05, 0) is 31.0 Å². The third-order valence-electron chi connectivity index (χ3n) is 3.69. The molecule has 3 rings (SSSR count). The Kier molecular flexibility index (Phi) is 4.23. The third kappa shape index (κ3) is 3.14. The van der Waals surface area contributed by atoms with E-state index in [2.05, 4.69) is 44.5 Å². The maximum absolute atomic E-state index is 4.25. The van der Waals surface area contributed by atoms with Gasteiger partial charge < -0.3 is 10.2 Å². The molecule has 0 bridgehead atoms. The topological polar surface area (TPSA) is 41.0 Å². The highest BCUT2D eigenvalue weighted by atomic mass is 15.1. The average molecular weight is 268 g/mol. The fourth-order valence-electron chi connectivity index (χ4n) is 2.67. The number of anilines is 1. The van der Waals surface area contributed by atoms with Crippen molar-refractivity contribution < 1.29 is 0 Å². The van der Waals surface area contributed by atoms with Crippen LogP contribution in [0.25, 0.3) is 0 Å². The maximum Gasteiger partial charge on any atom is 0.0724 e. The predicted molar refractivity (Wildman–Crippen MR) is 80.7 cm³/mol. The molecule has 1 aromatic heterocycles. The molecule has 104 valence electrons. The highest BCUT2D eigenvalue weighted by Crippen LogP contribution is 2.27. The van der Waals surface area contributed by atoms with Gasteiger partial charge in [-0.3, -0.25) is 9.97 Å². The lowest BCUT2D eigenvalue weighted by molar-refractivity contribution is 0.630. The van der Waals surface area contributed by atoms with Gasteiger partial charge in [0.05, 0.1) is 5.69 Å². The van der Waals surface area contributed by atoms with Gasteiger partial charge in [0.15, 0.2) is 0 Å². The second-order valence-electron chi connectivity index (χ2n) is 5.09. The van der Waals surface area contributed by atoms with Crippen molar-refractivity contribution in [2.75, 3.05) is 24.5 Å². The van der Waals surface area contributed by atoms with Crippen LogP contribution in [0.1, 0.15) is 17.7 Å². The first kappa shape index (κ1) is 13.1. The lowest BCUT2D eigenvalue weighted by atomic mass is 10.2. The standard InChI is InChI=1S/C16H20N4/c1-2-5-16-14(4-1)6-11-20(16)10-3-7-17-12-15-13-18-8-9-19-15/h1-2,4-5,8-9,13,17H,3,6-7,10-12H2. The van der Waals surface area contributed by atoms with Crippen molar-refractivity contribution >= 4 is 5.69 Å². The van der Waals surface area contributed by atoms with Crippen molar-refractivity contribution in [2.45, 2.75) is 19.4 Å². The lowest BCUT2D eigenvalue weighted by Crippen LogP contribution is -2.25. The summed E-state index contributed by atoms with van der Waals surface area (Å²) in [4.78, 5) is 10.8. The zero-order valence-corrected chi connectivity index (χ0v) is 11.6. The van der Waals surface area contributed by atoms with Gasteiger partial charge in [0.2, 0.25) is 0 Å². The number of aromatic nitrogens is 2. The van der Waals surface area contributed by atoms with E-state index >= 15 is 0 Å². The molecule has 0 saturated carbocycles. The highest BCUT2D eigenvalue weighted by molar-refractivity contribution is 5.57. The average Bonchev–Trinajstić information content (AvgIpc) is 2.91. The Morgan fingerprint density at radius 1 is 1.20 bits per heavy atom. The van der Waals surface area contributed by atoms with Gasteiger partial charge in [-0.25, -0.2) is 0 Å². The molecular formula is C16H20N4. The normalized spacial score (nSPS) is 13.5. The number of hydrogen-bond acceptors (Lipinski definition) is 4. The SMILES string of the molecule is c1ccc2c(c1)CCN2CCCNCc1cnccn1. The van der Waals surface area contributed by atoms with Crippen LogP contribution >= 0.6 is 0 Å². The van der Waals surface area contributed by atoms with Crippen molar-refractivity contribution in [1.29, 1.82) is 0 Å². The molecule has 0 unspecified atom stereocenters. The van der Waals surface area contributed by atoms with Crippen LogP contribution in [0.3, 0.4) is 0 Å². The Morgan fingerprint density at radius 2 is 2.15 bits per heavy atom. The minimum absolute atomic E-state index is 0.796. The third-order valence-corrected chi connectivity index (χ3v) is 3.69. The van der Waals surface area contributed by atoms with Crippen LogP contribution in [0.2, 0.25) is 0 Å². The van der Waals surface area contributed by atoms with Crippen molar-refractivity contribution in [1.82, 2.24) is 15.3 Å². The number of para-hydroxylation sites is 1. The minimum atomic E-state index is 0.796. The van der Waals surface area contributed by atoms with E-state index in [1.807, 2.05) is 6.20 Å². The van der Waals surface area contributed by atoms with Gasteiger partial charge in [0.1, 0.15) is 0 Å². The molecule has 1 aromatic carbocycles. The molecule has 2 aromatic rings. The molecule has 0 saturated heterocycles. The summed E-state index contributed by atoms with van der Waals surface area (Å²) in [6.45, 7) is 4.08. The zero-order valence-electron chi connectivity index (χ0n) is 11.6. The first-order chi connectivity index (χ1) is 9.93. The van der Waals surface area contributed by atoms with Crippen LogP contribution in [-0.4, -0.2) is 29.6 Å². The molecule has 0 atom stereocenters. The number of rotatable bonds is 6. The molecule has 0 fully saturated rings. The molecule has 4 heteroatoms. The van der Waals surface area contributed by atoms with Crippen LogP contribution < -0.4 is 10.2 Å². The molecular weight excluding hydrogens is 248 g/mol. The predicted octanol–water partition coefficient (Wildman–Crippen LogP) is 2.02. The van der Waals surface area contributed by atoms with E-state index in [9.17, 15) is 0 Å². The van der Waals surface area contributed by atoms with Crippen molar-refractivity contribution in [3.63, 3.8) is 0 Å². The summed E-state index contributed by atoms with van der Waals surface area (Å²) in [6.07, 6.45) is 7.58. The van der Waals surface area contributed by atoms with Crippen LogP contribution in [0.4, 0.5) is 5.69 Å². The molecule has 4 nitrogen and oxygen atoms in total. The largest absolute Gasteiger partial charge is 0.371 e. The van der Waals surface area contributed by atoms with Crippen LogP contribution in [-0.2, 0) is 13.0 Å². The summed E-state index contributed by atoms with van der Waals surface area (Å²) >= 11 is 0. The summed E-state index contributed by atoms with van der Waals surface area (Å²) in [5.41, 5.74) is 3.90. The van der Waals surface area contributed by atoms with E-state index in [4.69, 9.17) is 0 Å². The van der Waals surface area contributed by atoms with E-state index in [1.165, 1.54) is 17.7 Å². The molecule has 1 N–H and O–H groups in total. The Labute approximate surface area is 119 Å². The second kappa shape index (κ2) is 6.48. The maximum atomic E-state index is 4.25. The summed E-state index contributed by atoms with van der Waals surface area (Å²) in [7, 11) is 0. The fourth-order valence-corrected chi connectivity index (χ4v) is 2.67. The summed E-state index contributed by atoms with van der Waals surface area (Å²) in [5, 5.41) is 3.42. The summed E-state index contributed by atoms with van der Waals surface area (Å²) in [5.74, 6) is 0. The first-order valence-electron chi connectivity index (χ1n) is 7.22. The number of fused-ring (bicyclic) bond motifs is 1. The van der Waals surface area contributed by atoms with Crippen LogP contribution in [0.15, 0.2) is 42.9 Å². The van der Waals surface area contributed by atoms with Crippen molar-refractivity contribution in [2.24, 2.45) is 0 Å². The molecule has 2 heterocycles.